The van der Waals surface area contributed by atoms with Crippen molar-refractivity contribution in [3.63, 3.8) is 0 Å². The van der Waals surface area contributed by atoms with Gasteiger partial charge in [-0.15, -0.1) is 0 Å². The van der Waals surface area contributed by atoms with E-state index in [1.54, 1.807) is 6.20 Å². The number of nitrogens with zero attached hydrogens (tertiary/aromatic N) is 5. The monoisotopic (exact) mass is 397 g/mol. The van der Waals surface area contributed by atoms with Gasteiger partial charge >= 0.3 is 0 Å². The van der Waals surface area contributed by atoms with E-state index in [1.165, 1.54) is 5.57 Å². The zero-order valence-electron chi connectivity index (χ0n) is 16.8. The van der Waals surface area contributed by atoms with E-state index in [0.717, 1.165) is 53.2 Å². The van der Waals surface area contributed by atoms with Crippen LogP contribution >= 0.6 is 0 Å². The third-order valence-electron chi connectivity index (χ3n) is 5.43. The van der Waals surface area contributed by atoms with Crippen LogP contribution in [-0.2, 0) is 0 Å². The van der Waals surface area contributed by atoms with Crippen molar-refractivity contribution in [3.05, 3.63) is 72.7 Å². The number of nitrogens with two attached hydrogens (primary N) is 1. The minimum atomic E-state index is 0.531. The molecule has 3 aromatic heterocycles. The van der Waals surface area contributed by atoms with Crippen molar-refractivity contribution in [1.82, 2.24) is 24.5 Å². The van der Waals surface area contributed by atoms with E-state index in [-0.39, 0.29) is 0 Å². The van der Waals surface area contributed by atoms with Crippen molar-refractivity contribution in [3.8, 4) is 11.3 Å². The lowest BCUT2D eigenvalue weighted by Crippen LogP contribution is -2.24. The van der Waals surface area contributed by atoms with Gasteiger partial charge in [-0.1, -0.05) is 18.2 Å². The van der Waals surface area contributed by atoms with Crippen LogP contribution in [0.3, 0.4) is 0 Å². The summed E-state index contributed by atoms with van der Waals surface area (Å²) in [6, 6.07) is 13.8. The molecule has 0 radical (unpaired) electrons. The normalized spacial score (nSPS) is 14.6. The quantitative estimate of drug-likeness (QED) is 0.509. The van der Waals surface area contributed by atoms with Gasteiger partial charge in [0.1, 0.15) is 0 Å². The number of rotatable bonds is 4. The number of pyridine rings is 1. The first-order chi connectivity index (χ1) is 14.7. The highest BCUT2D eigenvalue weighted by Crippen LogP contribution is 2.34. The van der Waals surface area contributed by atoms with Crippen LogP contribution < -0.4 is 11.1 Å². The van der Waals surface area contributed by atoms with Crippen LogP contribution in [0.1, 0.15) is 12.0 Å². The molecule has 3 N–H and O–H groups in total. The Labute approximate surface area is 174 Å². The molecule has 0 saturated carbocycles. The number of hydrogen-bond donors (Lipinski definition) is 2. The van der Waals surface area contributed by atoms with Crippen LogP contribution in [0.4, 0.5) is 17.3 Å². The average Bonchev–Trinajstić information content (AvgIpc) is 3.19. The average molecular weight is 397 g/mol. The van der Waals surface area contributed by atoms with Crippen LogP contribution in [0.5, 0.6) is 0 Å². The number of benzene rings is 1. The van der Waals surface area contributed by atoms with Crippen LogP contribution in [0.2, 0.25) is 0 Å². The summed E-state index contributed by atoms with van der Waals surface area (Å²) in [5.74, 6) is 0.531. The van der Waals surface area contributed by atoms with Crippen molar-refractivity contribution in [1.29, 1.82) is 0 Å². The topological polar surface area (TPSA) is 84.4 Å². The summed E-state index contributed by atoms with van der Waals surface area (Å²) in [7, 11) is 2.13. The van der Waals surface area contributed by atoms with E-state index in [1.807, 2.05) is 59.4 Å². The minimum Gasteiger partial charge on any atom is -0.398 e. The predicted octanol–water partition coefficient (Wildman–Crippen LogP) is 3.84. The molecule has 0 amide bonds. The van der Waals surface area contributed by atoms with Gasteiger partial charge in [-0.25, -0.2) is 14.5 Å². The standard InChI is InChI=1S/C23H23N7/c1-29-13-9-16(10-14-29)22-18(24)5-4-6-20(22)28-23-25-11-8-19(27-23)17-15-26-30-12-3-2-7-21(17)30/h2-9,11-12,15H,10,13-14,24H2,1H3,(H,25,27,28). The lowest BCUT2D eigenvalue weighted by Gasteiger charge is -2.24. The van der Waals surface area contributed by atoms with Crippen molar-refractivity contribution in [2.24, 2.45) is 0 Å². The van der Waals surface area contributed by atoms with Crippen molar-refractivity contribution in [2.45, 2.75) is 6.42 Å². The molecule has 7 nitrogen and oxygen atoms in total. The van der Waals surface area contributed by atoms with Gasteiger partial charge in [-0.3, -0.25) is 0 Å². The molecule has 0 unspecified atom stereocenters. The second kappa shape index (κ2) is 7.61. The highest BCUT2D eigenvalue weighted by molar-refractivity contribution is 5.86. The Morgan fingerprint density at radius 2 is 2.03 bits per heavy atom. The molecule has 0 atom stereocenters. The van der Waals surface area contributed by atoms with Crippen molar-refractivity contribution in [2.75, 3.05) is 31.2 Å². The molecule has 7 heteroatoms. The van der Waals surface area contributed by atoms with E-state index in [2.05, 4.69) is 33.4 Å². The SMILES string of the molecule is CN1CC=C(c2c(N)cccc2Nc2nccc(-c3cnn4ccccc34)n2)CC1. The summed E-state index contributed by atoms with van der Waals surface area (Å²) in [5, 5.41) is 7.80. The summed E-state index contributed by atoms with van der Waals surface area (Å²) in [5.41, 5.74) is 13.1. The number of hydrogen-bond acceptors (Lipinski definition) is 6. The van der Waals surface area contributed by atoms with E-state index >= 15 is 0 Å². The first-order valence-corrected chi connectivity index (χ1v) is 9.98. The summed E-state index contributed by atoms with van der Waals surface area (Å²) in [6.07, 6.45) is 8.72. The Balaban J connectivity index is 1.50. The number of nitrogens with one attached hydrogen (secondary N) is 1. The molecule has 4 aromatic rings. The Morgan fingerprint density at radius 3 is 2.90 bits per heavy atom. The lowest BCUT2D eigenvalue weighted by molar-refractivity contribution is 0.370. The smallest absolute Gasteiger partial charge is 0.227 e. The number of aromatic nitrogens is 4. The molecule has 1 aliphatic rings. The van der Waals surface area contributed by atoms with E-state index < -0.39 is 0 Å². The Hall–Kier alpha value is -3.71. The van der Waals surface area contributed by atoms with Gasteiger partial charge in [0.05, 0.1) is 23.1 Å². The molecular weight excluding hydrogens is 374 g/mol. The molecule has 1 aromatic carbocycles. The number of anilines is 3. The van der Waals surface area contributed by atoms with Crippen LogP contribution in [0.25, 0.3) is 22.3 Å². The fourth-order valence-corrected chi connectivity index (χ4v) is 3.85. The molecule has 0 bridgehead atoms. The van der Waals surface area contributed by atoms with Gasteiger partial charge in [-0.2, -0.15) is 5.10 Å². The Bertz CT molecular complexity index is 1240. The van der Waals surface area contributed by atoms with Gasteiger partial charge in [0, 0.05) is 42.3 Å². The van der Waals surface area contributed by atoms with Crippen LogP contribution in [0, 0.1) is 0 Å². The minimum absolute atomic E-state index is 0.531. The van der Waals surface area contributed by atoms with E-state index in [0.29, 0.717) is 5.95 Å². The summed E-state index contributed by atoms with van der Waals surface area (Å²) >= 11 is 0. The maximum atomic E-state index is 6.36. The zero-order chi connectivity index (χ0) is 20.5. The molecule has 0 spiro atoms. The molecule has 0 aliphatic carbocycles. The predicted molar refractivity (Wildman–Crippen MR) is 120 cm³/mol. The summed E-state index contributed by atoms with van der Waals surface area (Å²) in [6.45, 7) is 1.93. The molecule has 150 valence electrons. The van der Waals surface area contributed by atoms with Gasteiger partial charge in [0.15, 0.2) is 0 Å². The second-order valence-electron chi connectivity index (χ2n) is 7.49. The highest BCUT2D eigenvalue weighted by atomic mass is 15.2. The summed E-state index contributed by atoms with van der Waals surface area (Å²) < 4.78 is 1.84. The van der Waals surface area contributed by atoms with Crippen molar-refractivity contribution >= 4 is 28.4 Å². The molecular formula is C23H23N7. The second-order valence-corrected chi connectivity index (χ2v) is 7.49. The first kappa shape index (κ1) is 18.3. The van der Waals surface area contributed by atoms with E-state index in [9.17, 15) is 0 Å². The number of fused-ring (bicyclic) bond motifs is 1. The highest BCUT2D eigenvalue weighted by Gasteiger charge is 2.17. The first-order valence-electron chi connectivity index (χ1n) is 9.98. The van der Waals surface area contributed by atoms with Gasteiger partial charge in [0.25, 0.3) is 0 Å². The molecule has 1 aliphatic heterocycles. The fourth-order valence-electron chi connectivity index (χ4n) is 3.85. The molecule has 4 heterocycles. The van der Waals surface area contributed by atoms with E-state index in [4.69, 9.17) is 10.7 Å². The molecule has 0 saturated heterocycles. The molecule has 30 heavy (non-hydrogen) atoms. The van der Waals surface area contributed by atoms with Gasteiger partial charge < -0.3 is 16.0 Å². The Kier molecular flexibility index (Phi) is 4.65. The third kappa shape index (κ3) is 3.40. The van der Waals surface area contributed by atoms with Gasteiger partial charge in [-0.05, 0) is 49.4 Å². The fraction of sp³-hybridized carbons (Fsp3) is 0.174. The Morgan fingerprint density at radius 1 is 1.10 bits per heavy atom. The maximum Gasteiger partial charge on any atom is 0.227 e. The summed E-state index contributed by atoms with van der Waals surface area (Å²) in [4.78, 5) is 11.5. The largest absolute Gasteiger partial charge is 0.398 e. The van der Waals surface area contributed by atoms with Gasteiger partial charge in [0.2, 0.25) is 5.95 Å². The zero-order valence-corrected chi connectivity index (χ0v) is 16.8. The number of nitrogen functional groups attached to an aromatic ring is 1. The molecule has 5 rings (SSSR count). The van der Waals surface area contributed by atoms with Crippen LogP contribution in [0.15, 0.2) is 67.1 Å². The van der Waals surface area contributed by atoms with Crippen molar-refractivity contribution < 1.29 is 0 Å². The maximum absolute atomic E-state index is 6.36. The third-order valence-corrected chi connectivity index (χ3v) is 5.43. The molecule has 0 fully saturated rings. The lowest BCUT2D eigenvalue weighted by atomic mass is 9.96. The van der Waals surface area contributed by atoms with Crippen LogP contribution in [-0.4, -0.2) is 44.6 Å². The number of likely N-dealkylation sites (N-methyl/N-ethyl adjacent to an activating group) is 1.